The number of hydrogen-bond donors (Lipinski definition) is 1. The Balaban J connectivity index is 1.91. The third-order valence-electron chi connectivity index (χ3n) is 4.63. The fraction of sp³-hybridized carbons (Fsp3) is 0.278. The number of benzene rings is 2. The number of fused-ring (bicyclic) bond motifs is 1. The summed E-state index contributed by atoms with van der Waals surface area (Å²) in [6, 6.07) is 19.2. The van der Waals surface area contributed by atoms with Crippen LogP contribution in [0.5, 0.6) is 0 Å². The Morgan fingerprint density at radius 2 is 1.55 bits per heavy atom. The summed E-state index contributed by atoms with van der Waals surface area (Å²) >= 11 is 0. The van der Waals surface area contributed by atoms with Gasteiger partial charge in [-0.05, 0) is 30.5 Å². The van der Waals surface area contributed by atoms with E-state index in [0.717, 1.165) is 16.9 Å². The average Bonchev–Trinajstić information content (AvgIpc) is 3.15. The molecule has 100 valence electrons. The van der Waals surface area contributed by atoms with Gasteiger partial charge in [0.25, 0.3) is 0 Å². The molecule has 0 saturated heterocycles. The molecular weight excluding hydrogens is 244 g/mol. The lowest BCUT2D eigenvalue weighted by atomic mass is 9.78. The highest BCUT2D eigenvalue weighted by molar-refractivity contribution is 5.75. The fourth-order valence-corrected chi connectivity index (χ4v) is 3.58. The van der Waals surface area contributed by atoms with Gasteiger partial charge in [-0.25, -0.2) is 4.98 Å². The SMILES string of the molecule is c1ccc(C2(c3nc4ccccc4[nH]3)CCCC2)cc1. The van der Waals surface area contributed by atoms with E-state index in [1.165, 1.54) is 31.2 Å². The number of aromatic nitrogens is 2. The number of nitrogens with zero attached hydrogens (tertiary/aromatic N) is 1. The van der Waals surface area contributed by atoms with Gasteiger partial charge in [0.05, 0.1) is 16.4 Å². The number of imidazole rings is 1. The van der Waals surface area contributed by atoms with E-state index in [1.54, 1.807) is 0 Å². The summed E-state index contributed by atoms with van der Waals surface area (Å²) in [5, 5.41) is 0. The predicted octanol–water partition coefficient (Wildman–Crippen LogP) is 4.42. The van der Waals surface area contributed by atoms with Gasteiger partial charge in [-0.3, -0.25) is 0 Å². The molecule has 1 saturated carbocycles. The number of hydrogen-bond acceptors (Lipinski definition) is 1. The lowest BCUT2D eigenvalue weighted by Crippen LogP contribution is -2.25. The molecule has 1 N–H and O–H groups in total. The van der Waals surface area contributed by atoms with Crippen molar-refractivity contribution in [1.82, 2.24) is 9.97 Å². The maximum absolute atomic E-state index is 4.89. The van der Waals surface area contributed by atoms with Crippen LogP contribution in [0.3, 0.4) is 0 Å². The van der Waals surface area contributed by atoms with Crippen molar-refractivity contribution in [2.75, 3.05) is 0 Å². The first-order valence-corrected chi connectivity index (χ1v) is 7.39. The molecule has 0 aliphatic heterocycles. The Kier molecular flexibility index (Phi) is 2.62. The molecule has 1 aliphatic rings. The zero-order valence-electron chi connectivity index (χ0n) is 11.5. The normalized spacial score (nSPS) is 17.6. The van der Waals surface area contributed by atoms with Crippen LogP contribution in [-0.4, -0.2) is 9.97 Å². The molecule has 0 amide bonds. The third kappa shape index (κ3) is 1.68. The van der Waals surface area contributed by atoms with Crippen LogP contribution >= 0.6 is 0 Å². The van der Waals surface area contributed by atoms with Gasteiger partial charge in [-0.15, -0.1) is 0 Å². The first-order chi connectivity index (χ1) is 9.88. The molecule has 0 spiro atoms. The highest BCUT2D eigenvalue weighted by Gasteiger charge is 2.39. The van der Waals surface area contributed by atoms with Crippen LogP contribution < -0.4 is 0 Å². The number of aromatic amines is 1. The molecule has 0 bridgehead atoms. The summed E-state index contributed by atoms with van der Waals surface area (Å²) < 4.78 is 0. The van der Waals surface area contributed by atoms with Gasteiger partial charge in [0.1, 0.15) is 5.82 Å². The molecule has 1 aliphatic carbocycles. The zero-order valence-corrected chi connectivity index (χ0v) is 11.5. The maximum Gasteiger partial charge on any atom is 0.117 e. The van der Waals surface area contributed by atoms with Crippen molar-refractivity contribution in [1.29, 1.82) is 0 Å². The minimum atomic E-state index is 0.0836. The number of para-hydroxylation sites is 2. The smallest absolute Gasteiger partial charge is 0.117 e. The van der Waals surface area contributed by atoms with Crippen molar-refractivity contribution in [3.8, 4) is 0 Å². The topological polar surface area (TPSA) is 28.7 Å². The van der Waals surface area contributed by atoms with Gasteiger partial charge in [0, 0.05) is 0 Å². The van der Waals surface area contributed by atoms with Crippen LogP contribution in [0, 0.1) is 0 Å². The molecule has 2 nitrogen and oxygen atoms in total. The van der Waals surface area contributed by atoms with Gasteiger partial charge in [-0.2, -0.15) is 0 Å². The molecule has 0 unspecified atom stereocenters. The maximum atomic E-state index is 4.89. The fourth-order valence-electron chi connectivity index (χ4n) is 3.58. The number of nitrogens with one attached hydrogen (secondary N) is 1. The van der Waals surface area contributed by atoms with Crippen molar-refractivity contribution >= 4 is 11.0 Å². The third-order valence-corrected chi connectivity index (χ3v) is 4.63. The average molecular weight is 262 g/mol. The first kappa shape index (κ1) is 11.7. The molecule has 1 heterocycles. The van der Waals surface area contributed by atoms with Crippen LogP contribution in [0.4, 0.5) is 0 Å². The number of H-pyrrole nitrogens is 1. The van der Waals surface area contributed by atoms with Crippen LogP contribution in [0.25, 0.3) is 11.0 Å². The highest BCUT2D eigenvalue weighted by Crippen LogP contribution is 2.45. The minimum Gasteiger partial charge on any atom is -0.341 e. The molecule has 1 aromatic heterocycles. The lowest BCUT2D eigenvalue weighted by molar-refractivity contribution is 0.506. The van der Waals surface area contributed by atoms with E-state index in [-0.39, 0.29) is 5.41 Å². The summed E-state index contributed by atoms with van der Waals surface area (Å²) in [6.07, 6.45) is 4.95. The molecule has 4 rings (SSSR count). The molecular formula is C18H18N2. The predicted molar refractivity (Wildman–Crippen MR) is 81.8 cm³/mol. The van der Waals surface area contributed by atoms with Crippen molar-refractivity contribution < 1.29 is 0 Å². The number of rotatable bonds is 2. The van der Waals surface area contributed by atoms with Crippen molar-refractivity contribution in [2.45, 2.75) is 31.1 Å². The second kappa shape index (κ2) is 4.48. The second-order valence-electron chi connectivity index (χ2n) is 5.76. The molecule has 0 radical (unpaired) electrons. The van der Waals surface area contributed by atoms with E-state index >= 15 is 0 Å². The van der Waals surface area contributed by atoms with E-state index in [2.05, 4.69) is 59.6 Å². The van der Waals surface area contributed by atoms with Crippen molar-refractivity contribution in [2.24, 2.45) is 0 Å². The Labute approximate surface area is 118 Å². The highest BCUT2D eigenvalue weighted by atomic mass is 14.9. The van der Waals surface area contributed by atoms with Gasteiger partial charge in [0.15, 0.2) is 0 Å². The Bertz CT molecular complexity index is 688. The minimum absolute atomic E-state index is 0.0836. The lowest BCUT2D eigenvalue weighted by Gasteiger charge is -2.27. The van der Waals surface area contributed by atoms with E-state index in [9.17, 15) is 0 Å². The summed E-state index contributed by atoms with van der Waals surface area (Å²) in [7, 11) is 0. The molecule has 3 aromatic rings. The molecule has 1 fully saturated rings. The molecule has 0 atom stereocenters. The zero-order chi connectivity index (χ0) is 13.4. The standard InChI is InChI=1S/C18H18N2/c1-2-8-14(9-3-1)18(12-6-7-13-18)17-19-15-10-4-5-11-16(15)20-17/h1-5,8-11H,6-7,12-13H2,(H,19,20). The van der Waals surface area contributed by atoms with Gasteiger partial charge >= 0.3 is 0 Å². The quantitative estimate of drug-likeness (QED) is 0.727. The van der Waals surface area contributed by atoms with Crippen molar-refractivity contribution in [3.05, 3.63) is 66.0 Å². The van der Waals surface area contributed by atoms with E-state index in [1.807, 2.05) is 0 Å². The first-order valence-electron chi connectivity index (χ1n) is 7.39. The Hall–Kier alpha value is -2.09. The van der Waals surface area contributed by atoms with Gasteiger partial charge < -0.3 is 4.98 Å². The Morgan fingerprint density at radius 1 is 0.850 bits per heavy atom. The largest absolute Gasteiger partial charge is 0.341 e. The summed E-state index contributed by atoms with van der Waals surface area (Å²) in [5.41, 5.74) is 3.70. The molecule has 20 heavy (non-hydrogen) atoms. The summed E-state index contributed by atoms with van der Waals surface area (Å²) in [5.74, 6) is 1.14. The van der Waals surface area contributed by atoms with E-state index in [0.29, 0.717) is 0 Å². The second-order valence-corrected chi connectivity index (χ2v) is 5.76. The Morgan fingerprint density at radius 3 is 2.30 bits per heavy atom. The van der Waals surface area contributed by atoms with Crippen LogP contribution in [0.15, 0.2) is 54.6 Å². The van der Waals surface area contributed by atoms with Crippen LogP contribution in [0.1, 0.15) is 37.1 Å². The van der Waals surface area contributed by atoms with Crippen LogP contribution in [0.2, 0.25) is 0 Å². The van der Waals surface area contributed by atoms with Crippen molar-refractivity contribution in [3.63, 3.8) is 0 Å². The van der Waals surface area contributed by atoms with Gasteiger partial charge in [0.2, 0.25) is 0 Å². The van der Waals surface area contributed by atoms with E-state index in [4.69, 9.17) is 4.98 Å². The van der Waals surface area contributed by atoms with E-state index < -0.39 is 0 Å². The van der Waals surface area contributed by atoms with Crippen LogP contribution in [-0.2, 0) is 5.41 Å². The summed E-state index contributed by atoms with van der Waals surface area (Å²) in [6.45, 7) is 0. The summed E-state index contributed by atoms with van der Waals surface area (Å²) in [4.78, 5) is 8.45. The van der Waals surface area contributed by atoms with Gasteiger partial charge in [-0.1, -0.05) is 55.3 Å². The monoisotopic (exact) mass is 262 g/mol. The molecule has 2 heteroatoms. The molecule has 2 aromatic carbocycles.